The zero-order valence-corrected chi connectivity index (χ0v) is 77.2. The zero-order chi connectivity index (χ0) is 86.9. The van der Waals surface area contributed by atoms with Gasteiger partial charge in [-0.2, -0.15) is 0 Å². The van der Waals surface area contributed by atoms with Gasteiger partial charge in [-0.05, 0) is 271 Å². The quantitative estimate of drug-likeness (QED) is 0.0575. The Morgan fingerprint density at radius 3 is 0.938 bits per heavy atom. The maximum absolute atomic E-state index is 13.7. The average Bonchev–Trinajstić information content (AvgIpc) is 2.41. The summed E-state index contributed by atoms with van der Waals surface area (Å²) in [6.45, 7) is 46.5. The van der Waals surface area contributed by atoms with Crippen LogP contribution in [0.25, 0.3) is 0 Å². The molecule has 17 rings (SSSR count). The summed E-state index contributed by atoms with van der Waals surface area (Å²) in [6, 6.07) is 0. The molecule has 12 aliphatic carbocycles. The molecule has 0 radical (unpaired) electrons. The summed E-state index contributed by atoms with van der Waals surface area (Å²) >= 11 is 0. The molecule has 17 fully saturated rings. The van der Waals surface area contributed by atoms with Crippen molar-refractivity contribution in [1.82, 2.24) is 0 Å². The average molecular weight is 1820 g/mol. The number of rotatable bonds is 26. The number of carbonyl (C=O) groups is 10. The highest BCUT2D eigenvalue weighted by Gasteiger charge is 2.74. The van der Waals surface area contributed by atoms with Crippen LogP contribution < -0.4 is 0 Å². The Morgan fingerprint density at radius 2 is 0.581 bits per heavy atom. The summed E-state index contributed by atoms with van der Waals surface area (Å²) in [6.07, 6.45) is 28.1. The van der Waals surface area contributed by atoms with Crippen LogP contribution in [-0.4, -0.2) is 119 Å². The molecule has 5 saturated heterocycles. The van der Waals surface area contributed by atoms with E-state index in [1.54, 1.807) is 0 Å². The summed E-state index contributed by atoms with van der Waals surface area (Å²) in [4.78, 5) is 126. The summed E-state index contributed by atoms with van der Waals surface area (Å²) in [5.74, 6) is 4.77. The summed E-state index contributed by atoms with van der Waals surface area (Å²) in [5.41, 5.74) is -4.60. The largest absolute Gasteiger partial charge is 0.465 e. The lowest BCUT2D eigenvalue weighted by atomic mass is 9.56. The fourth-order valence-electron chi connectivity index (χ4n) is 27.7. The first-order valence-electron chi connectivity index (χ1n) is 48.0. The van der Waals surface area contributed by atoms with Gasteiger partial charge in [-0.3, -0.25) is 47.9 Å². The van der Waals surface area contributed by atoms with Crippen LogP contribution in [0.5, 0.6) is 0 Å². The molecule has 25 unspecified atom stereocenters. The number of hydrogen-bond acceptors (Lipinski definition) is 20. The summed E-state index contributed by atoms with van der Waals surface area (Å²) in [5, 5.41) is 0. The number of ether oxygens (including phenoxy) is 10. The number of fused-ring (bicyclic) bond motifs is 5. The molecule has 750 valence electrons. The van der Waals surface area contributed by atoms with Gasteiger partial charge < -0.3 is 47.4 Å². The third-order valence-corrected chi connectivity index (χ3v) is 36.3. The summed E-state index contributed by atoms with van der Waals surface area (Å²) in [7, 11) is 0. The highest BCUT2D eigenvalue weighted by Crippen LogP contribution is 2.69. The van der Waals surface area contributed by atoms with E-state index in [0.29, 0.717) is 77.6 Å². The van der Waals surface area contributed by atoms with Crippen molar-refractivity contribution in [3.63, 3.8) is 0 Å². The second-order valence-electron chi connectivity index (χ2n) is 45.2. The predicted octanol–water partition coefficient (Wildman–Crippen LogP) is 25.5. The van der Waals surface area contributed by atoms with Crippen molar-refractivity contribution in [3.05, 3.63) is 0 Å². The van der Waals surface area contributed by atoms with Gasteiger partial charge in [0.25, 0.3) is 0 Å². The van der Waals surface area contributed by atoms with Gasteiger partial charge in [0.1, 0.15) is 52.9 Å². The van der Waals surface area contributed by atoms with Gasteiger partial charge in [-0.1, -0.05) is 189 Å². The van der Waals surface area contributed by atoms with Crippen LogP contribution in [0.2, 0.25) is 0 Å². The first kappa shape index (κ1) is 118. The maximum atomic E-state index is 13.7. The topological polar surface area (TPSA) is 263 Å². The molecule has 0 spiro atoms. The Kier molecular flexibility index (Phi) is 40.0. The second-order valence-corrected chi connectivity index (χ2v) is 45.2. The fourth-order valence-corrected chi connectivity index (χ4v) is 27.7. The highest BCUT2D eigenvalue weighted by molar-refractivity contribution is 5.83. The van der Waals surface area contributed by atoms with Crippen LogP contribution in [0.3, 0.4) is 0 Å². The van der Waals surface area contributed by atoms with E-state index in [1.807, 2.05) is 111 Å². The molecule has 0 amide bonds. The first-order chi connectivity index (χ1) is 55.8. The van der Waals surface area contributed by atoms with E-state index in [-0.39, 0.29) is 235 Å². The van der Waals surface area contributed by atoms with Gasteiger partial charge in [0.15, 0.2) is 0 Å². The minimum atomic E-state index is -0.609. The van der Waals surface area contributed by atoms with E-state index >= 15 is 0 Å². The smallest absolute Gasteiger partial charge is 0.312 e. The van der Waals surface area contributed by atoms with Crippen molar-refractivity contribution in [1.29, 1.82) is 0 Å². The third kappa shape index (κ3) is 20.6. The highest BCUT2D eigenvalue weighted by atomic mass is 16.6. The standard InChI is InChI=1S/C27H42O4.C21H34O4.C19H30O4.C17H26O4.C15H22O4.10CH4/c1-4-26(2,3)25(29)31-27(18-11-7-5-8-12-18,19-13-9-6-10-14-19)23-17-15-20-21(16-17)30-24(28)22(20)23;1-8-20(6,7)19(23)25-21(11(2)3,12(4)5)17-13-9-14-15(10-13)24-18(22)16(14)17;1-6-18(4,5)17(21)23-19(7-2,8-3)15-11-9-12-13(10-11)22-16(20)14(12)15;1-6-16(2,3)15(19)21-17(4,5)13-9-7-10-11(8-9)20-14(18)12(10)13;1-4-15(2,3)14(17)18-7-10-8-5-9-11(6-8)19-13(16)12(9)10;;;;;;;;;;/h17-23H,4-16H2,1-3H3;11-17H,8-10H2,1-7H3;11-15H,6-10H2,1-5H3;9-13H,6-8H2,1-5H3;8-12H,4-7H2,1-3H3;10*1H4. The molecule has 5 heterocycles. The SMILES string of the molecule is C.C.C.C.C.C.C.C.C.C.CCC(C)(C)C(=O)OC(C(C)C)(C(C)C)C1C2CC3OC(=O)C1C3C2.CCC(C)(C)C(=O)OC(C)(C)C1C2CC3OC(=O)C1C3C2.CCC(C)(C)C(=O)OC(C1CCCCC1)(C1CCCCC1)C1C2CC3OC(=O)C1C3C2.CCC(C)(C)C(=O)OC(CC)(CC)C1C2CC3OC(=O)C1C3C2.CCC(C)(C)C(=O)OCC1C2CC3OC(=O)C1C3C2. The van der Waals surface area contributed by atoms with E-state index in [1.165, 1.54) is 38.5 Å². The third-order valence-electron chi connectivity index (χ3n) is 36.3. The molecule has 20 heteroatoms. The molecular weight excluding hydrogens is 1630 g/mol. The van der Waals surface area contributed by atoms with Gasteiger partial charge in [-0.15, -0.1) is 0 Å². The van der Waals surface area contributed by atoms with Gasteiger partial charge in [0.2, 0.25) is 0 Å². The van der Waals surface area contributed by atoms with Crippen molar-refractivity contribution < 1.29 is 95.3 Å². The van der Waals surface area contributed by atoms with Crippen molar-refractivity contribution >= 4 is 59.7 Å². The fraction of sp³-hybridized carbons (Fsp3) is 0.908. The van der Waals surface area contributed by atoms with Crippen molar-refractivity contribution in [3.8, 4) is 0 Å². The molecule has 12 saturated carbocycles. The van der Waals surface area contributed by atoms with E-state index < -0.39 is 49.5 Å². The Hall–Kier alpha value is -5.30. The maximum Gasteiger partial charge on any atom is 0.312 e. The lowest BCUT2D eigenvalue weighted by Crippen LogP contribution is -2.60. The molecule has 10 bridgehead atoms. The van der Waals surface area contributed by atoms with Crippen LogP contribution in [0, 0.1) is 169 Å². The van der Waals surface area contributed by atoms with Crippen LogP contribution in [0.15, 0.2) is 0 Å². The van der Waals surface area contributed by atoms with Gasteiger partial charge in [0, 0.05) is 59.2 Å². The summed E-state index contributed by atoms with van der Waals surface area (Å²) < 4.78 is 58.8. The monoisotopic (exact) mass is 1820 g/mol. The molecule has 25 atom stereocenters. The predicted molar refractivity (Wildman–Crippen MR) is 514 cm³/mol. The molecule has 0 aromatic rings. The molecule has 129 heavy (non-hydrogen) atoms. The van der Waals surface area contributed by atoms with E-state index in [4.69, 9.17) is 47.4 Å². The Balaban J connectivity index is 0.000000411. The van der Waals surface area contributed by atoms with Crippen molar-refractivity contribution in [2.24, 2.45) is 169 Å². The molecular formula is C109H194O20. The van der Waals surface area contributed by atoms with E-state index in [2.05, 4.69) is 48.5 Å². The minimum absolute atomic E-state index is 0. The van der Waals surface area contributed by atoms with Gasteiger partial charge in [-0.25, -0.2) is 0 Å². The van der Waals surface area contributed by atoms with Gasteiger partial charge >= 0.3 is 59.7 Å². The number of hydrogen-bond donors (Lipinski definition) is 0. The van der Waals surface area contributed by atoms with E-state index in [0.717, 1.165) is 135 Å². The minimum Gasteiger partial charge on any atom is -0.465 e. The number of esters is 10. The molecule has 0 aromatic carbocycles. The van der Waals surface area contributed by atoms with E-state index in [9.17, 15) is 47.9 Å². The lowest BCUT2D eigenvalue weighted by Gasteiger charge is -2.55. The molecule has 0 N–H and O–H groups in total. The molecule has 17 aliphatic rings. The van der Waals surface area contributed by atoms with Crippen LogP contribution in [-0.2, 0) is 95.3 Å². The molecule has 20 nitrogen and oxygen atoms in total. The lowest BCUT2D eigenvalue weighted by molar-refractivity contribution is -0.214. The zero-order valence-electron chi connectivity index (χ0n) is 77.2. The van der Waals surface area contributed by atoms with Crippen LogP contribution in [0.1, 0.15) is 407 Å². The van der Waals surface area contributed by atoms with Crippen LogP contribution >= 0.6 is 0 Å². The van der Waals surface area contributed by atoms with Crippen molar-refractivity contribution in [2.75, 3.05) is 6.61 Å². The Morgan fingerprint density at radius 1 is 0.310 bits per heavy atom. The normalized spacial score (nSPS) is 33.7. The second kappa shape index (κ2) is 43.8. The van der Waals surface area contributed by atoms with Gasteiger partial charge in [0.05, 0.1) is 63.3 Å². The first-order valence-corrected chi connectivity index (χ1v) is 48.0. The Bertz CT molecular complexity index is 3730. The number of carbonyl (C=O) groups excluding carboxylic acids is 10. The molecule has 5 aliphatic heterocycles. The van der Waals surface area contributed by atoms with Crippen LogP contribution in [0.4, 0.5) is 0 Å². The van der Waals surface area contributed by atoms with Crippen molar-refractivity contribution in [2.45, 2.75) is 460 Å². The molecule has 0 aromatic heterocycles. The Labute approximate surface area is 786 Å².